The van der Waals surface area contributed by atoms with E-state index in [4.69, 9.17) is 17.3 Å². The van der Waals surface area contributed by atoms with Crippen molar-refractivity contribution in [1.82, 2.24) is 4.98 Å². The van der Waals surface area contributed by atoms with Gasteiger partial charge >= 0.3 is 0 Å². The van der Waals surface area contributed by atoms with E-state index in [-0.39, 0.29) is 6.04 Å². The minimum Gasteiger partial charge on any atom is -0.324 e. The summed E-state index contributed by atoms with van der Waals surface area (Å²) >= 11 is 8.31. The van der Waals surface area contributed by atoms with Gasteiger partial charge in [-0.1, -0.05) is 23.7 Å². The van der Waals surface area contributed by atoms with Crippen LogP contribution in [0.4, 0.5) is 0 Å². The minimum atomic E-state index is -0.0743. The zero-order chi connectivity index (χ0) is 13.1. The predicted molar refractivity (Wildman–Crippen MR) is 83.8 cm³/mol. The Morgan fingerprint density at radius 1 is 1.33 bits per heavy atom. The summed E-state index contributed by atoms with van der Waals surface area (Å²) in [5.41, 5.74) is 9.39. The van der Waals surface area contributed by atoms with Crippen LogP contribution in [0.15, 0.2) is 36.5 Å². The number of hydrogen-bond acceptors (Lipinski definition) is 2. The van der Waals surface area contributed by atoms with E-state index < -0.39 is 0 Å². The van der Waals surface area contributed by atoms with Gasteiger partial charge in [-0.05, 0) is 58.8 Å². The van der Waals surface area contributed by atoms with Gasteiger partial charge < -0.3 is 5.73 Å². The molecular weight excluding hydrogens is 359 g/mol. The summed E-state index contributed by atoms with van der Waals surface area (Å²) in [5, 5.41) is 0.750. The van der Waals surface area contributed by atoms with Crippen LogP contribution < -0.4 is 5.73 Å². The maximum atomic E-state index is 6.18. The fourth-order valence-electron chi connectivity index (χ4n) is 1.71. The second-order valence-corrected chi connectivity index (χ2v) is 5.88. The second-order valence-electron chi connectivity index (χ2n) is 4.31. The molecule has 1 heterocycles. The van der Waals surface area contributed by atoms with E-state index in [0.29, 0.717) is 0 Å². The highest BCUT2D eigenvalue weighted by molar-refractivity contribution is 14.1. The summed E-state index contributed by atoms with van der Waals surface area (Å²) in [7, 11) is 0. The molecule has 0 spiro atoms. The number of nitrogens with two attached hydrogens (primary N) is 1. The molecule has 2 aromatic rings. The number of aryl methyl sites for hydroxylation is 1. The lowest BCUT2D eigenvalue weighted by Gasteiger charge is -2.12. The standard InChI is InChI=1S/C14H14ClIN2/c1-9-2-4-11(18-8-9)7-14(17)10-3-5-13(16)12(15)6-10/h2-6,8,14H,7,17H2,1H3. The molecule has 0 fully saturated rings. The van der Waals surface area contributed by atoms with Crippen LogP contribution in [0.1, 0.15) is 22.9 Å². The highest BCUT2D eigenvalue weighted by Crippen LogP contribution is 2.23. The number of pyridine rings is 1. The third-order valence-electron chi connectivity index (χ3n) is 2.77. The topological polar surface area (TPSA) is 38.9 Å². The molecule has 1 unspecified atom stereocenters. The maximum Gasteiger partial charge on any atom is 0.0542 e. The molecule has 0 amide bonds. The Hall–Kier alpha value is -0.650. The minimum absolute atomic E-state index is 0.0743. The third-order valence-corrected chi connectivity index (χ3v) is 4.35. The van der Waals surface area contributed by atoms with Crippen molar-refractivity contribution < 1.29 is 0 Å². The maximum absolute atomic E-state index is 6.18. The number of benzene rings is 1. The van der Waals surface area contributed by atoms with Gasteiger partial charge in [0.25, 0.3) is 0 Å². The first-order chi connectivity index (χ1) is 8.56. The summed E-state index contributed by atoms with van der Waals surface area (Å²) < 4.78 is 1.04. The van der Waals surface area contributed by atoms with Crippen LogP contribution in [-0.4, -0.2) is 4.98 Å². The molecule has 0 radical (unpaired) electrons. The van der Waals surface area contributed by atoms with Crippen molar-refractivity contribution in [1.29, 1.82) is 0 Å². The van der Waals surface area contributed by atoms with E-state index in [1.165, 1.54) is 0 Å². The molecule has 2 rings (SSSR count). The van der Waals surface area contributed by atoms with Crippen molar-refractivity contribution in [3.8, 4) is 0 Å². The monoisotopic (exact) mass is 372 g/mol. The molecular formula is C14H14ClIN2. The predicted octanol–water partition coefficient (Wildman–Crippen LogP) is 3.89. The SMILES string of the molecule is Cc1ccc(CC(N)c2ccc(I)c(Cl)c2)nc1. The zero-order valence-corrected chi connectivity index (χ0v) is 12.9. The molecule has 18 heavy (non-hydrogen) atoms. The first-order valence-electron chi connectivity index (χ1n) is 5.68. The van der Waals surface area contributed by atoms with Crippen molar-refractivity contribution in [2.45, 2.75) is 19.4 Å². The van der Waals surface area contributed by atoms with E-state index in [1.54, 1.807) is 0 Å². The zero-order valence-electron chi connectivity index (χ0n) is 10.0. The van der Waals surface area contributed by atoms with Crippen molar-refractivity contribution in [3.05, 3.63) is 61.9 Å². The Balaban J connectivity index is 2.13. The molecule has 0 aliphatic rings. The van der Waals surface area contributed by atoms with Gasteiger partial charge in [0, 0.05) is 27.9 Å². The van der Waals surface area contributed by atoms with Crippen LogP contribution in [0.3, 0.4) is 0 Å². The third kappa shape index (κ3) is 3.43. The first kappa shape index (κ1) is 13.8. The van der Waals surface area contributed by atoms with Crippen molar-refractivity contribution in [2.75, 3.05) is 0 Å². The Labute approximate surface area is 126 Å². The molecule has 0 aliphatic carbocycles. The van der Waals surface area contributed by atoms with Crippen LogP contribution >= 0.6 is 34.2 Å². The van der Waals surface area contributed by atoms with Crippen LogP contribution in [-0.2, 0) is 6.42 Å². The average Bonchev–Trinajstić information content (AvgIpc) is 2.35. The fraction of sp³-hybridized carbons (Fsp3) is 0.214. The molecule has 0 aliphatic heterocycles. The van der Waals surface area contributed by atoms with Gasteiger partial charge in [0.05, 0.1) is 5.02 Å². The number of halogens is 2. The van der Waals surface area contributed by atoms with Gasteiger partial charge in [-0.25, -0.2) is 0 Å². The van der Waals surface area contributed by atoms with Crippen molar-refractivity contribution in [2.24, 2.45) is 5.73 Å². The van der Waals surface area contributed by atoms with Gasteiger partial charge in [-0.15, -0.1) is 0 Å². The average molecular weight is 373 g/mol. The van der Waals surface area contributed by atoms with Gasteiger partial charge in [-0.3, -0.25) is 4.98 Å². The quantitative estimate of drug-likeness (QED) is 0.830. The summed E-state index contributed by atoms with van der Waals surface area (Å²) in [6.07, 6.45) is 2.58. The van der Waals surface area contributed by atoms with E-state index in [2.05, 4.69) is 33.6 Å². The highest BCUT2D eigenvalue weighted by Gasteiger charge is 2.09. The Kier molecular flexibility index (Phi) is 4.59. The molecule has 2 N–H and O–H groups in total. The molecule has 2 nitrogen and oxygen atoms in total. The van der Waals surface area contributed by atoms with Crippen LogP contribution in [0.25, 0.3) is 0 Å². The van der Waals surface area contributed by atoms with Crippen molar-refractivity contribution in [3.63, 3.8) is 0 Å². The Morgan fingerprint density at radius 2 is 2.11 bits per heavy atom. The lowest BCUT2D eigenvalue weighted by Crippen LogP contribution is -2.14. The fourth-order valence-corrected chi connectivity index (χ4v) is 2.23. The van der Waals surface area contributed by atoms with E-state index in [1.807, 2.05) is 37.4 Å². The molecule has 1 atom stereocenters. The molecule has 0 bridgehead atoms. The van der Waals surface area contributed by atoms with E-state index in [0.717, 1.165) is 31.8 Å². The molecule has 1 aromatic carbocycles. The first-order valence-corrected chi connectivity index (χ1v) is 7.14. The summed E-state index contributed by atoms with van der Waals surface area (Å²) in [6, 6.07) is 9.93. The van der Waals surface area contributed by atoms with E-state index in [9.17, 15) is 0 Å². The van der Waals surface area contributed by atoms with E-state index >= 15 is 0 Å². The van der Waals surface area contributed by atoms with Gasteiger partial charge in [-0.2, -0.15) is 0 Å². The summed E-state index contributed by atoms with van der Waals surface area (Å²) in [4.78, 5) is 4.37. The number of nitrogens with zero attached hydrogens (tertiary/aromatic N) is 1. The van der Waals surface area contributed by atoms with Gasteiger partial charge in [0.15, 0.2) is 0 Å². The molecule has 0 saturated heterocycles. The Morgan fingerprint density at radius 3 is 2.72 bits per heavy atom. The van der Waals surface area contributed by atoms with Crippen LogP contribution in [0.5, 0.6) is 0 Å². The van der Waals surface area contributed by atoms with Gasteiger partial charge in [0.1, 0.15) is 0 Å². The normalized spacial score (nSPS) is 12.4. The highest BCUT2D eigenvalue weighted by atomic mass is 127. The second kappa shape index (κ2) is 5.99. The molecule has 4 heteroatoms. The summed E-state index contributed by atoms with van der Waals surface area (Å²) in [5.74, 6) is 0. The molecule has 0 saturated carbocycles. The lowest BCUT2D eigenvalue weighted by molar-refractivity contribution is 0.706. The van der Waals surface area contributed by atoms with Crippen LogP contribution in [0, 0.1) is 10.5 Å². The van der Waals surface area contributed by atoms with Crippen LogP contribution in [0.2, 0.25) is 5.02 Å². The number of rotatable bonds is 3. The largest absolute Gasteiger partial charge is 0.324 e. The number of aromatic nitrogens is 1. The molecule has 94 valence electrons. The molecule has 1 aromatic heterocycles. The smallest absolute Gasteiger partial charge is 0.0542 e. The van der Waals surface area contributed by atoms with Gasteiger partial charge in [0.2, 0.25) is 0 Å². The summed E-state index contributed by atoms with van der Waals surface area (Å²) in [6.45, 7) is 2.02. The lowest BCUT2D eigenvalue weighted by atomic mass is 10.0. The Bertz CT molecular complexity index is 540. The van der Waals surface area contributed by atoms with Crippen molar-refractivity contribution >= 4 is 34.2 Å². The number of hydrogen-bond donors (Lipinski definition) is 1.